The first kappa shape index (κ1) is 17.9. The van der Waals surface area contributed by atoms with Crippen LogP contribution in [0, 0.1) is 6.92 Å². The average molecular weight is 400 g/mol. The van der Waals surface area contributed by atoms with Gasteiger partial charge in [0.05, 0.1) is 5.69 Å². The Bertz CT molecular complexity index is 1340. The molecule has 3 aromatic carbocycles. The minimum atomic E-state index is 0.924. The van der Waals surface area contributed by atoms with Gasteiger partial charge in [0.2, 0.25) is 5.69 Å². The lowest BCUT2D eigenvalue weighted by molar-refractivity contribution is -0.672. The van der Waals surface area contributed by atoms with Crippen molar-refractivity contribution in [1.82, 2.24) is 4.57 Å². The molecule has 0 unspecified atom stereocenters. The third-order valence-electron chi connectivity index (χ3n) is 6.22. The van der Waals surface area contributed by atoms with Gasteiger partial charge in [-0.3, -0.25) is 0 Å². The summed E-state index contributed by atoms with van der Waals surface area (Å²) in [5, 5.41) is 0. The molecule has 5 aromatic rings. The smallest absolute Gasteiger partial charge is 0.230 e. The topological polar surface area (TPSA) is 8.81 Å². The van der Waals surface area contributed by atoms with Gasteiger partial charge in [-0.15, -0.1) is 0 Å². The van der Waals surface area contributed by atoms with Crippen LogP contribution in [0.1, 0.15) is 11.3 Å². The lowest BCUT2D eigenvalue weighted by Crippen LogP contribution is -2.31. The summed E-state index contributed by atoms with van der Waals surface area (Å²) in [6.07, 6.45) is 2.18. The summed E-state index contributed by atoms with van der Waals surface area (Å²) in [6.45, 7) is 3.15. The van der Waals surface area contributed by atoms with Crippen molar-refractivity contribution in [1.29, 1.82) is 0 Å². The first-order chi connectivity index (χ1) is 15.3. The van der Waals surface area contributed by atoms with Gasteiger partial charge in [-0.1, -0.05) is 78.9 Å². The largest absolute Gasteiger partial charge is 0.307 e. The molecule has 0 aliphatic carbocycles. The molecule has 2 aromatic heterocycles. The molecule has 2 nitrogen and oxygen atoms in total. The molecule has 0 saturated carbocycles. The summed E-state index contributed by atoms with van der Waals surface area (Å²) in [4.78, 5) is 0. The highest BCUT2D eigenvalue weighted by Gasteiger charge is 2.32. The van der Waals surface area contributed by atoms with Crippen LogP contribution in [0.15, 0.2) is 109 Å². The van der Waals surface area contributed by atoms with E-state index >= 15 is 0 Å². The fraction of sp³-hybridized carbons (Fsp3) is 0.0690. The predicted octanol–water partition coefficient (Wildman–Crippen LogP) is 6.44. The second-order valence-corrected chi connectivity index (χ2v) is 8.14. The Morgan fingerprint density at radius 3 is 1.94 bits per heavy atom. The molecule has 3 heterocycles. The fourth-order valence-electron chi connectivity index (χ4n) is 4.89. The van der Waals surface area contributed by atoms with Crippen molar-refractivity contribution in [3.8, 4) is 39.3 Å². The van der Waals surface area contributed by atoms with E-state index in [1.165, 1.54) is 50.6 Å². The number of aromatic nitrogens is 2. The van der Waals surface area contributed by atoms with Gasteiger partial charge in [-0.25, -0.2) is 0 Å². The Balaban J connectivity index is 1.71. The van der Waals surface area contributed by atoms with Gasteiger partial charge in [-0.05, 0) is 30.2 Å². The van der Waals surface area contributed by atoms with Gasteiger partial charge in [0, 0.05) is 34.5 Å². The zero-order chi connectivity index (χ0) is 20.8. The number of rotatable bonds is 3. The first-order valence-corrected chi connectivity index (χ1v) is 10.8. The van der Waals surface area contributed by atoms with Gasteiger partial charge in [0.1, 0.15) is 5.69 Å². The summed E-state index contributed by atoms with van der Waals surface area (Å²) in [6, 6.07) is 36.9. The Hall–Kier alpha value is -3.91. The van der Waals surface area contributed by atoms with Crippen LogP contribution in [-0.2, 0) is 6.54 Å². The minimum absolute atomic E-state index is 0.924. The average Bonchev–Trinajstić information content (AvgIpc) is 3.34. The molecule has 0 saturated heterocycles. The third kappa shape index (κ3) is 2.83. The number of pyridine rings is 1. The van der Waals surface area contributed by atoms with Crippen molar-refractivity contribution in [2.24, 2.45) is 0 Å². The van der Waals surface area contributed by atoms with E-state index in [9.17, 15) is 0 Å². The van der Waals surface area contributed by atoms with Crippen molar-refractivity contribution < 1.29 is 4.57 Å². The number of para-hydroxylation sites is 1. The summed E-state index contributed by atoms with van der Waals surface area (Å²) < 4.78 is 4.81. The van der Waals surface area contributed by atoms with Crippen molar-refractivity contribution in [2.75, 3.05) is 0 Å². The molecule has 6 rings (SSSR count). The van der Waals surface area contributed by atoms with Crippen LogP contribution >= 0.6 is 0 Å². The van der Waals surface area contributed by atoms with Crippen LogP contribution in [0.4, 0.5) is 0 Å². The highest BCUT2D eigenvalue weighted by molar-refractivity contribution is 5.87. The summed E-state index contributed by atoms with van der Waals surface area (Å²) in [5.41, 5.74) is 11.4. The van der Waals surface area contributed by atoms with Gasteiger partial charge < -0.3 is 4.57 Å². The van der Waals surface area contributed by atoms with Crippen LogP contribution in [-0.4, -0.2) is 4.57 Å². The molecule has 0 spiro atoms. The Morgan fingerprint density at radius 2 is 1.29 bits per heavy atom. The zero-order valence-corrected chi connectivity index (χ0v) is 17.5. The van der Waals surface area contributed by atoms with E-state index in [-0.39, 0.29) is 0 Å². The SMILES string of the molecule is Cc1cc2c(n1-c1c(-c3ccccc3)cccc1-c1ccccc1)-c1cccc[n+]1C2. The minimum Gasteiger partial charge on any atom is -0.307 e. The monoisotopic (exact) mass is 399 g/mol. The Kier molecular flexibility index (Phi) is 4.10. The van der Waals surface area contributed by atoms with Crippen LogP contribution in [0.2, 0.25) is 0 Å². The normalized spacial score (nSPS) is 11.9. The van der Waals surface area contributed by atoms with Gasteiger partial charge in [0.25, 0.3) is 0 Å². The maximum atomic E-state index is 2.47. The standard InChI is InChI=1S/C29H23N2/c1-21-19-24-20-30-18-9-8-17-27(30)28(24)31(21)29-25(22-11-4-2-5-12-22)15-10-16-26(29)23-13-6-3-7-14-23/h2-19H,20H2,1H3/q+1. The quantitative estimate of drug-likeness (QED) is 0.303. The summed E-state index contributed by atoms with van der Waals surface area (Å²) in [7, 11) is 0. The highest BCUT2D eigenvalue weighted by atomic mass is 15.1. The molecule has 1 aliphatic rings. The van der Waals surface area contributed by atoms with E-state index in [0.717, 1.165) is 6.54 Å². The highest BCUT2D eigenvalue weighted by Crippen LogP contribution is 2.41. The van der Waals surface area contributed by atoms with E-state index in [1.54, 1.807) is 0 Å². The van der Waals surface area contributed by atoms with Crippen LogP contribution < -0.4 is 4.57 Å². The van der Waals surface area contributed by atoms with Gasteiger partial charge in [0.15, 0.2) is 12.7 Å². The first-order valence-electron chi connectivity index (χ1n) is 10.8. The molecule has 31 heavy (non-hydrogen) atoms. The molecule has 0 radical (unpaired) electrons. The zero-order valence-electron chi connectivity index (χ0n) is 17.5. The van der Waals surface area contributed by atoms with E-state index in [2.05, 4.69) is 125 Å². The molecule has 0 amide bonds. The summed E-state index contributed by atoms with van der Waals surface area (Å²) in [5.74, 6) is 0. The van der Waals surface area contributed by atoms with Crippen molar-refractivity contribution >= 4 is 0 Å². The fourth-order valence-corrected chi connectivity index (χ4v) is 4.89. The van der Waals surface area contributed by atoms with Crippen LogP contribution in [0.3, 0.4) is 0 Å². The predicted molar refractivity (Wildman–Crippen MR) is 126 cm³/mol. The van der Waals surface area contributed by atoms with Crippen molar-refractivity contribution in [3.63, 3.8) is 0 Å². The van der Waals surface area contributed by atoms with Gasteiger partial charge in [-0.2, -0.15) is 4.57 Å². The molecule has 0 bridgehead atoms. The van der Waals surface area contributed by atoms with Crippen molar-refractivity contribution in [2.45, 2.75) is 13.5 Å². The number of aryl methyl sites for hydroxylation is 1. The number of hydrogen-bond donors (Lipinski definition) is 0. The second-order valence-electron chi connectivity index (χ2n) is 8.14. The lowest BCUT2D eigenvalue weighted by atomic mass is 9.95. The van der Waals surface area contributed by atoms with E-state index in [4.69, 9.17) is 0 Å². The second kappa shape index (κ2) is 7.10. The molecule has 2 heteroatoms. The van der Waals surface area contributed by atoms with Crippen LogP contribution in [0.25, 0.3) is 39.3 Å². The molecule has 1 aliphatic heterocycles. The molecular formula is C29H23N2+. The van der Waals surface area contributed by atoms with E-state index in [1.807, 2.05) is 0 Å². The number of benzene rings is 3. The Labute approximate surface area is 182 Å². The molecule has 148 valence electrons. The molecular weight excluding hydrogens is 376 g/mol. The van der Waals surface area contributed by atoms with E-state index in [0.29, 0.717) is 0 Å². The number of hydrogen-bond acceptors (Lipinski definition) is 0. The third-order valence-corrected chi connectivity index (χ3v) is 6.22. The van der Waals surface area contributed by atoms with E-state index < -0.39 is 0 Å². The van der Waals surface area contributed by atoms with Crippen molar-refractivity contribution in [3.05, 3.63) is 121 Å². The molecule has 0 N–H and O–H groups in total. The molecule has 0 fully saturated rings. The van der Waals surface area contributed by atoms with Gasteiger partial charge >= 0.3 is 0 Å². The maximum Gasteiger partial charge on any atom is 0.230 e. The molecule has 0 atom stereocenters. The lowest BCUT2D eigenvalue weighted by Gasteiger charge is -2.20. The van der Waals surface area contributed by atoms with Crippen LogP contribution in [0.5, 0.6) is 0 Å². The Morgan fingerprint density at radius 1 is 0.677 bits per heavy atom. The maximum absolute atomic E-state index is 2.47. The number of fused-ring (bicyclic) bond motifs is 3. The summed E-state index contributed by atoms with van der Waals surface area (Å²) >= 11 is 0. The number of nitrogens with zero attached hydrogens (tertiary/aromatic N) is 2.